The average Bonchev–Trinajstić information content (AvgIpc) is 3.03. The van der Waals surface area contributed by atoms with E-state index in [1.807, 2.05) is 30.3 Å². The van der Waals surface area contributed by atoms with Crippen LogP contribution in [-0.2, 0) is 6.61 Å². The minimum absolute atomic E-state index is 0.107. The molecule has 110 valence electrons. The maximum absolute atomic E-state index is 13.7. The summed E-state index contributed by atoms with van der Waals surface area (Å²) >= 11 is 1.35. The van der Waals surface area contributed by atoms with Crippen molar-refractivity contribution in [1.82, 2.24) is 4.98 Å². The summed E-state index contributed by atoms with van der Waals surface area (Å²) in [6.07, 6.45) is 0. The molecule has 0 aliphatic carbocycles. The predicted molar refractivity (Wildman–Crippen MR) is 84.6 cm³/mol. The minimum Gasteiger partial charge on any atom is -0.485 e. The van der Waals surface area contributed by atoms with E-state index < -0.39 is 5.82 Å². The van der Waals surface area contributed by atoms with Gasteiger partial charge in [-0.25, -0.2) is 9.37 Å². The van der Waals surface area contributed by atoms with Crippen molar-refractivity contribution in [3.8, 4) is 17.0 Å². The van der Waals surface area contributed by atoms with Gasteiger partial charge in [0.25, 0.3) is 0 Å². The van der Waals surface area contributed by atoms with E-state index in [4.69, 9.17) is 4.74 Å². The van der Waals surface area contributed by atoms with Gasteiger partial charge in [-0.1, -0.05) is 30.3 Å². The van der Waals surface area contributed by atoms with Crippen LogP contribution in [0.3, 0.4) is 0 Å². The van der Waals surface area contributed by atoms with E-state index in [1.165, 1.54) is 29.5 Å². The van der Waals surface area contributed by atoms with Gasteiger partial charge in [-0.3, -0.25) is 4.79 Å². The molecule has 1 heterocycles. The molecule has 3 rings (SSSR count). The van der Waals surface area contributed by atoms with E-state index >= 15 is 0 Å². The molecule has 0 fully saturated rings. The van der Waals surface area contributed by atoms with E-state index in [0.717, 1.165) is 5.56 Å². The van der Waals surface area contributed by atoms with E-state index in [9.17, 15) is 9.18 Å². The van der Waals surface area contributed by atoms with Crippen molar-refractivity contribution < 1.29 is 9.13 Å². The highest BCUT2D eigenvalue weighted by Gasteiger charge is 2.10. The molecule has 0 atom stereocenters. The molecule has 3 aromatic rings. The number of thiazole rings is 1. The molecule has 1 aromatic heterocycles. The van der Waals surface area contributed by atoms with E-state index in [2.05, 4.69) is 4.98 Å². The summed E-state index contributed by atoms with van der Waals surface area (Å²) in [5.41, 5.74) is 2.82. The van der Waals surface area contributed by atoms with Gasteiger partial charge in [0.1, 0.15) is 12.4 Å². The Morgan fingerprint density at radius 3 is 2.68 bits per heavy atom. The van der Waals surface area contributed by atoms with Gasteiger partial charge in [-0.05, 0) is 23.8 Å². The summed E-state index contributed by atoms with van der Waals surface area (Å²) in [5, 5.41) is 1.71. The molecular weight excluding hydrogens is 301 g/mol. The Bertz CT molecular complexity index is 820. The number of aromatic nitrogens is 1. The smallest absolute Gasteiger partial charge is 0.229 e. The first kappa shape index (κ1) is 14.4. The van der Waals surface area contributed by atoms with Crippen LogP contribution in [0.25, 0.3) is 11.3 Å². The number of nitrogens with zero attached hydrogens (tertiary/aromatic N) is 1. The van der Waals surface area contributed by atoms with Gasteiger partial charge in [0.2, 0.25) is 5.43 Å². The van der Waals surface area contributed by atoms with Crippen LogP contribution in [0.5, 0.6) is 5.75 Å². The fraction of sp³-hybridized carbons (Fsp3) is 0.0588. The third-order valence-corrected chi connectivity index (χ3v) is 3.68. The normalized spacial score (nSPS) is 10.4. The van der Waals surface area contributed by atoms with Gasteiger partial charge in [0, 0.05) is 5.38 Å². The second kappa shape index (κ2) is 6.49. The van der Waals surface area contributed by atoms with Crippen LogP contribution in [0, 0.1) is 5.82 Å². The van der Waals surface area contributed by atoms with Crippen LogP contribution in [0.15, 0.2) is 64.2 Å². The Kier molecular flexibility index (Phi) is 4.25. The highest BCUT2D eigenvalue weighted by molar-refractivity contribution is 7.07. The largest absolute Gasteiger partial charge is 0.485 e. The number of benzene rings is 1. The summed E-state index contributed by atoms with van der Waals surface area (Å²) in [6.45, 7) is 0.248. The Labute approximate surface area is 130 Å². The molecule has 0 N–H and O–H groups in total. The zero-order chi connectivity index (χ0) is 15.4. The summed E-state index contributed by atoms with van der Waals surface area (Å²) < 4.78 is 19.3. The summed E-state index contributed by atoms with van der Waals surface area (Å²) in [5.74, 6) is -0.398. The summed E-state index contributed by atoms with van der Waals surface area (Å²) in [7, 11) is 0. The maximum Gasteiger partial charge on any atom is 0.229 e. The van der Waals surface area contributed by atoms with Crippen molar-refractivity contribution in [2.75, 3.05) is 0 Å². The summed E-state index contributed by atoms with van der Waals surface area (Å²) in [4.78, 5) is 16.6. The van der Waals surface area contributed by atoms with E-state index in [0.29, 0.717) is 5.69 Å². The van der Waals surface area contributed by atoms with Gasteiger partial charge in [-0.15, -0.1) is 11.3 Å². The molecule has 0 bridgehead atoms. The van der Waals surface area contributed by atoms with Gasteiger partial charge in [-0.2, -0.15) is 0 Å². The van der Waals surface area contributed by atoms with Crippen molar-refractivity contribution in [2.45, 2.75) is 6.61 Å². The second-order valence-electron chi connectivity index (χ2n) is 4.62. The van der Waals surface area contributed by atoms with E-state index in [1.54, 1.807) is 10.9 Å². The monoisotopic (exact) mass is 313 g/mol. The zero-order valence-electron chi connectivity index (χ0n) is 11.5. The maximum atomic E-state index is 13.7. The van der Waals surface area contributed by atoms with Crippen LogP contribution in [-0.4, -0.2) is 4.98 Å². The first-order valence-corrected chi connectivity index (χ1v) is 7.57. The van der Waals surface area contributed by atoms with Gasteiger partial charge >= 0.3 is 0 Å². The zero-order valence-corrected chi connectivity index (χ0v) is 12.3. The molecular formula is C17H12FNO2S. The Hall–Kier alpha value is -2.53. The van der Waals surface area contributed by atoms with Crippen LogP contribution in [0.2, 0.25) is 0 Å². The molecule has 0 amide bonds. The molecule has 22 heavy (non-hydrogen) atoms. The van der Waals surface area contributed by atoms with Crippen molar-refractivity contribution in [3.63, 3.8) is 0 Å². The molecule has 0 aliphatic heterocycles. The van der Waals surface area contributed by atoms with Crippen LogP contribution < -0.4 is 10.2 Å². The van der Waals surface area contributed by atoms with Gasteiger partial charge < -0.3 is 4.74 Å². The van der Waals surface area contributed by atoms with Gasteiger partial charge in [0.15, 0.2) is 5.75 Å². The van der Waals surface area contributed by atoms with E-state index in [-0.39, 0.29) is 23.3 Å². The lowest BCUT2D eigenvalue weighted by molar-refractivity contribution is 0.304. The fourth-order valence-electron chi connectivity index (χ4n) is 2.00. The van der Waals surface area contributed by atoms with Crippen LogP contribution in [0.1, 0.15) is 5.56 Å². The number of halogens is 1. The van der Waals surface area contributed by atoms with Crippen molar-refractivity contribution in [3.05, 3.63) is 81.0 Å². The predicted octanol–water partition coefficient (Wildman–Crippen LogP) is 3.89. The van der Waals surface area contributed by atoms with Crippen LogP contribution >= 0.6 is 11.3 Å². The lowest BCUT2D eigenvalue weighted by Crippen LogP contribution is -2.08. The highest BCUT2D eigenvalue weighted by atomic mass is 32.1. The van der Waals surface area contributed by atoms with Crippen LogP contribution in [0.4, 0.5) is 4.39 Å². The fourth-order valence-corrected chi connectivity index (χ4v) is 2.55. The SMILES string of the molecule is O=c1c(OCc2ccccc2)ccc(F)cc1-c1cscn1. The third kappa shape index (κ3) is 3.20. The lowest BCUT2D eigenvalue weighted by Gasteiger charge is -2.04. The third-order valence-electron chi connectivity index (χ3n) is 3.09. The molecule has 0 unspecified atom stereocenters. The number of rotatable bonds is 4. The quantitative estimate of drug-likeness (QED) is 0.733. The highest BCUT2D eigenvalue weighted by Crippen LogP contribution is 2.19. The molecule has 0 radical (unpaired) electrons. The number of hydrogen-bond acceptors (Lipinski definition) is 4. The minimum atomic E-state index is -0.505. The molecule has 0 spiro atoms. The molecule has 3 nitrogen and oxygen atoms in total. The molecule has 5 heteroatoms. The molecule has 0 saturated carbocycles. The van der Waals surface area contributed by atoms with Crippen molar-refractivity contribution >= 4 is 11.3 Å². The molecule has 0 aliphatic rings. The topological polar surface area (TPSA) is 39.2 Å². The Morgan fingerprint density at radius 2 is 1.95 bits per heavy atom. The second-order valence-corrected chi connectivity index (χ2v) is 5.34. The van der Waals surface area contributed by atoms with Crippen molar-refractivity contribution in [2.24, 2.45) is 0 Å². The standard InChI is InChI=1S/C17H12FNO2S/c18-13-6-7-16(21-9-12-4-2-1-3-5-12)17(20)14(8-13)15-10-22-11-19-15/h1-8,10-11H,9H2. The molecule has 2 aromatic carbocycles. The molecule has 0 saturated heterocycles. The lowest BCUT2D eigenvalue weighted by atomic mass is 10.2. The van der Waals surface area contributed by atoms with Crippen molar-refractivity contribution in [1.29, 1.82) is 0 Å². The number of hydrogen-bond donors (Lipinski definition) is 0. The summed E-state index contributed by atoms with van der Waals surface area (Å²) in [6, 6.07) is 13.2. The first-order valence-electron chi connectivity index (χ1n) is 6.63. The Balaban J connectivity index is 1.97. The number of ether oxygens (including phenoxy) is 1. The Morgan fingerprint density at radius 1 is 1.14 bits per heavy atom. The first-order chi connectivity index (χ1) is 10.7. The average molecular weight is 313 g/mol. The van der Waals surface area contributed by atoms with Gasteiger partial charge in [0.05, 0.1) is 16.8 Å².